The van der Waals surface area contributed by atoms with E-state index in [-0.39, 0.29) is 23.8 Å². The Balaban J connectivity index is 2.06. The molecule has 2 aromatic rings. The van der Waals surface area contributed by atoms with Crippen molar-refractivity contribution in [1.29, 1.82) is 0 Å². The molecule has 126 valence electrons. The summed E-state index contributed by atoms with van der Waals surface area (Å²) in [4.78, 5) is 22.2. The minimum absolute atomic E-state index is 0.0271. The summed E-state index contributed by atoms with van der Waals surface area (Å²) in [6, 6.07) is 9.35. The fraction of sp³-hybridized carbons (Fsp3) is 0.235. The standard InChI is InChI=1S/C17H17NO6/c1-11-6-12(2)8-14(7-11)23-10-17(19)24-16-9-13(18(20)21)4-5-15(16)22-3/h4-9H,10H2,1-3H3. The number of methoxy groups -OCH3 is 1. The van der Waals surface area contributed by atoms with Gasteiger partial charge in [-0.25, -0.2) is 4.79 Å². The van der Waals surface area contributed by atoms with Crippen LogP contribution in [0.5, 0.6) is 17.2 Å². The summed E-state index contributed by atoms with van der Waals surface area (Å²) >= 11 is 0. The van der Waals surface area contributed by atoms with Crippen LogP contribution in [-0.2, 0) is 4.79 Å². The lowest BCUT2D eigenvalue weighted by Gasteiger charge is -2.10. The minimum atomic E-state index is -0.687. The topological polar surface area (TPSA) is 87.9 Å². The summed E-state index contributed by atoms with van der Waals surface area (Å²) in [6.07, 6.45) is 0. The molecular formula is C17H17NO6. The zero-order chi connectivity index (χ0) is 17.7. The van der Waals surface area contributed by atoms with E-state index < -0.39 is 10.9 Å². The molecule has 0 saturated carbocycles. The maximum absolute atomic E-state index is 11.9. The average molecular weight is 331 g/mol. The summed E-state index contributed by atoms with van der Waals surface area (Å²) in [5.74, 6) is 0.0597. The predicted octanol–water partition coefficient (Wildman–Crippen LogP) is 3.20. The second-order valence-electron chi connectivity index (χ2n) is 5.18. The van der Waals surface area contributed by atoms with Gasteiger partial charge in [-0.2, -0.15) is 0 Å². The maximum Gasteiger partial charge on any atom is 0.349 e. The number of nitrogens with zero attached hydrogens (tertiary/aromatic N) is 1. The summed E-state index contributed by atoms with van der Waals surface area (Å²) in [7, 11) is 1.38. The number of carbonyl (C=O) groups excluding carboxylic acids is 1. The van der Waals surface area contributed by atoms with Crippen LogP contribution in [0.15, 0.2) is 36.4 Å². The largest absolute Gasteiger partial charge is 0.493 e. The third-order valence-corrected chi connectivity index (χ3v) is 3.13. The van der Waals surface area contributed by atoms with Crippen molar-refractivity contribution in [2.24, 2.45) is 0 Å². The van der Waals surface area contributed by atoms with E-state index in [1.807, 2.05) is 19.9 Å². The Morgan fingerprint density at radius 2 is 1.75 bits per heavy atom. The summed E-state index contributed by atoms with van der Waals surface area (Å²) in [5, 5.41) is 10.8. The molecule has 0 amide bonds. The van der Waals surface area contributed by atoms with Gasteiger partial charge in [0.15, 0.2) is 18.1 Å². The highest BCUT2D eigenvalue weighted by Gasteiger charge is 2.16. The van der Waals surface area contributed by atoms with E-state index in [9.17, 15) is 14.9 Å². The molecule has 0 unspecified atom stereocenters. The van der Waals surface area contributed by atoms with Gasteiger partial charge in [0, 0.05) is 6.07 Å². The van der Waals surface area contributed by atoms with E-state index >= 15 is 0 Å². The van der Waals surface area contributed by atoms with E-state index in [0.717, 1.165) is 17.2 Å². The lowest BCUT2D eigenvalue weighted by atomic mass is 10.1. The van der Waals surface area contributed by atoms with Crippen molar-refractivity contribution >= 4 is 11.7 Å². The van der Waals surface area contributed by atoms with Gasteiger partial charge in [0.05, 0.1) is 18.1 Å². The van der Waals surface area contributed by atoms with E-state index in [2.05, 4.69) is 0 Å². The SMILES string of the molecule is COc1ccc([N+](=O)[O-])cc1OC(=O)COc1cc(C)cc(C)c1. The highest BCUT2D eigenvalue weighted by molar-refractivity contribution is 5.75. The lowest BCUT2D eigenvalue weighted by molar-refractivity contribution is -0.384. The number of carbonyl (C=O) groups is 1. The van der Waals surface area contributed by atoms with Gasteiger partial charge in [-0.3, -0.25) is 10.1 Å². The van der Waals surface area contributed by atoms with Crippen molar-refractivity contribution in [2.45, 2.75) is 13.8 Å². The molecule has 0 atom stereocenters. The van der Waals surface area contributed by atoms with Crippen LogP contribution in [0, 0.1) is 24.0 Å². The number of rotatable bonds is 6. The Kier molecular flexibility index (Phi) is 5.36. The molecule has 7 heteroatoms. The highest BCUT2D eigenvalue weighted by Crippen LogP contribution is 2.31. The minimum Gasteiger partial charge on any atom is -0.493 e. The molecule has 0 N–H and O–H groups in total. The predicted molar refractivity (Wildman–Crippen MR) is 86.7 cm³/mol. The van der Waals surface area contributed by atoms with Gasteiger partial charge >= 0.3 is 5.97 Å². The number of non-ortho nitro benzene ring substituents is 1. The molecular weight excluding hydrogens is 314 g/mol. The molecule has 0 aliphatic heterocycles. The maximum atomic E-state index is 11.9. The fourth-order valence-corrected chi connectivity index (χ4v) is 2.17. The number of aryl methyl sites for hydroxylation is 2. The molecule has 2 aromatic carbocycles. The molecule has 7 nitrogen and oxygen atoms in total. The number of hydrogen-bond acceptors (Lipinski definition) is 6. The van der Waals surface area contributed by atoms with E-state index in [1.54, 1.807) is 12.1 Å². The van der Waals surface area contributed by atoms with Crippen molar-refractivity contribution in [3.05, 3.63) is 57.6 Å². The van der Waals surface area contributed by atoms with E-state index in [1.165, 1.54) is 19.2 Å². The number of hydrogen-bond donors (Lipinski definition) is 0. The molecule has 2 rings (SSSR count). The van der Waals surface area contributed by atoms with Gasteiger partial charge in [-0.15, -0.1) is 0 Å². The second kappa shape index (κ2) is 7.45. The van der Waals surface area contributed by atoms with Gasteiger partial charge in [0.25, 0.3) is 5.69 Å². The summed E-state index contributed by atoms with van der Waals surface area (Å²) in [5.41, 5.74) is 1.83. The first-order valence-electron chi connectivity index (χ1n) is 7.13. The summed E-state index contributed by atoms with van der Waals surface area (Å²) < 4.78 is 15.6. The van der Waals surface area contributed by atoms with Crippen LogP contribution in [0.1, 0.15) is 11.1 Å². The monoisotopic (exact) mass is 331 g/mol. The fourth-order valence-electron chi connectivity index (χ4n) is 2.17. The van der Waals surface area contributed by atoms with Crippen LogP contribution in [0.25, 0.3) is 0 Å². The smallest absolute Gasteiger partial charge is 0.349 e. The van der Waals surface area contributed by atoms with Gasteiger partial charge in [-0.1, -0.05) is 6.07 Å². The Morgan fingerprint density at radius 1 is 1.08 bits per heavy atom. The van der Waals surface area contributed by atoms with Crippen LogP contribution < -0.4 is 14.2 Å². The highest BCUT2D eigenvalue weighted by atomic mass is 16.6. The number of ether oxygens (including phenoxy) is 3. The molecule has 0 aromatic heterocycles. The molecule has 0 spiro atoms. The van der Waals surface area contributed by atoms with Crippen molar-refractivity contribution in [3.8, 4) is 17.2 Å². The average Bonchev–Trinajstić information content (AvgIpc) is 2.52. The van der Waals surface area contributed by atoms with Crippen LogP contribution in [-0.4, -0.2) is 24.6 Å². The molecule has 0 fully saturated rings. The van der Waals surface area contributed by atoms with Crippen LogP contribution in [0.2, 0.25) is 0 Å². The van der Waals surface area contributed by atoms with Crippen LogP contribution in [0.3, 0.4) is 0 Å². The van der Waals surface area contributed by atoms with Crippen molar-refractivity contribution in [3.63, 3.8) is 0 Å². The first-order valence-corrected chi connectivity index (χ1v) is 7.13. The van der Waals surface area contributed by atoms with Gasteiger partial charge < -0.3 is 14.2 Å². The number of benzene rings is 2. The van der Waals surface area contributed by atoms with E-state index in [4.69, 9.17) is 14.2 Å². The summed E-state index contributed by atoms with van der Waals surface area (Å²) in [6.45, 7) is 3.52. The van der Waals surface area contributed by atoms with Crippen LogP contribution >= 0.6 is 0 Å². The van der Waals surface area contributed by atoms with E-state index in [0.29, 0.717) is 5.75 Å². The van der Waals surface area contributed by atoms with Crippen molar-refractivity contribution in [2.75, 3.05) is 13.7 Å². The third-order valence-electron chi connectivity index (χ3n) is 3.13. The van der Waals surface area contributed by atoms with Crippen LogP contribution in [0.4, 0.5) is 5.69 Å². The molecule has 0 aliphatic rings. The quantitative estimate of drug-likeness (QED) is 0.349. The van der Waals surface area contributed by atoms with Gasteiger partial charge in [-0.05, 0) is 43.2 Å². The van der Waals surface area contributed by atoms with Crippen molar-refractivity contribution < 1.29 is 23.9 Å². The number of esters is 1. The third kappa shape index (κ3) is 4.45. The molecule has 0 heterocycles. The lowest BCUT2D eigenvalue weighted by Crippen LogP contribution is -2.18. The first-order chi connectivity index (χ1) is 11.4. The molecule has 0 saturated heterocycles. The normalized spacial score (nSPS) is 10.1. The Hall–Kier alpha value is -3.09. The second-order valence-corrected chi connectivity index (χ2v) is 5.18. The Bertz CT molecular complexity index is 751. The molecule has 0 bridgehead atoms. The zero-order valence-corrected chi connectivity index (χ0v) is 13.6. The molecule has 24 heavy (non-hydrogen) atoms. The Labute approximate surface area is 138 Å². The number of nitro benzene ring substituents is 1. The van der Waals surface area contributed by atoms with Gasteiger partial charge in [0.2, 0.25) is 0 Å². The van der Waals surface area contributed by atoms with Gasteiger partial charge in [0.1, 0.15) is 5.75 Å². The number of nitro groups is 1. The molecule has 0 aliphatic carbocycles. The van der Waals surface area contributed by atoms with Crippen molar-refractivity contribution in [1.82, 2.24) is 0 Å². The Morgan fingerprint density at radius 3 is 2.33 bits per heavy atom. The first kappa shape index (κ1) is 17.3. The zero-order valence-electron chi connectivity index (χ0n) is 13.6. The molecule has 0 radical (unpaired) electrons.